The first-order chi connectivity index (χ1) is 19.8. The van der Waals surface area contributed by atoms with Crippen molar-refractivity contribution in [1.29, 1.82) is 0 Å². The molecule has 1 aromatic heterocycles. The molecule has 0 aliphatic rings. The van der Waals surface area contributed by atoms with E-state index in [2.05, 4.69) is 21.2 Å². The number of hydrogen-bond acceptors (Lipinski definition) is 5. The Morgan fingerprint density at radius 2 is 1.63 bits per heavy atom. The van der Waals surface area contributed by atoms with E-state index >= 15 is 0 Å². The lowest BCUT2D eigenvalue weighted by Gasteiger charge is -2.15. The molecule has 0 aliphatic carbocycles. The molecule has 6 nitrogen and oxygen atoms in total. The third-order valence-electron chi connectivity index (χ3n) is 6.59. The highest BCUT2D eigenvalue weighted by Crippen LogP contribution is 2.32. The molecule has 206 valence electrons. The Hall–Kier alpha value is -4.20. The van der Waals surface area contributed by atoms with Gasteiger partial charge in [0, 0.05) is 21.1 Å². The molecule has 0 radical (unpaired) electrons. The number of esters is 1. The molecule has 5 rings (SSSR count). The molecule has 41 heavy (non-hydrogen) atoms. The van der Waals surface area contributed by atoms with E-state index in [1.54, 1.807) is 12.1 Å². The number of carbonyl (C=O) groups is 2. The van der Waals surface area contributed by atoms with Crippen molar-refractivity contribution < 1.29 is 19.1 Å². The molecule has 0 saturated heterocycles. The molecular formula is C33H26BrClN2O4. The first kappa shape index (κ1) is 28.3. The lowest BCUT2D eigenvalue weighted by molar-refractivity contribution is -0.119. The highest BCUT2D eigenvalue weighted by molar-refractivity contribution is 9.10. The van der Waals surface area contributed by atoms with Crippen molar-refractivity contribution in [3.63, 3.8) is 0 Å². The summed E-state index contributed by atoms with van der Waals surface area (Å²) in [5, 5.41) is 3.87. The van der Waals surface area contributed by atoms with Crippen LogP contribution in [-0.2, 0) is 16.1 Å². The molecule has 0 fully saturated rings. The van der Waals surface area contributed by atoms with Crippen molar-refractivity contribution in [2.75, 3.05) is 11.9 Å². The van der Waals surface area contributed by atoms with Gasteiger partial charge < -0.3 is 14.8 Å². The summed E-state index contributed by atoms with van der Waals surface area (Å²) in [6.07, 6.45) is 0. The van der Waals surface area contributed by atoms with E-state index in [9.17, 15) is 9.59 Å². The minimum Gasteiger partial charge on any atom is -0.489 e. The molecule has 0 bridgehead atoms. The minimum absolute atomic E-state index is 0.366. The second-order valence-corrected chi connectivity index (χ2v) is 10.7. The monoisotopic (exact) mass is 628 g/mol. The van der Waals surface area contributed by atoms with Gasteiger partial charge >= 0.3 is 5.97 Å². The van der Waals surface area contributed by atoms with Crippen molar-refractivity contribution in [3.05, 3.63) is 123 Å². The van der Waals surface area contributed by atoms with Crippen LogP contribution in [0.5, 0.6) is 5.75 Å². The number of halogens is 2. The van der Waals surface area contributed by atoms with Crippen molar-refractivity contribution in [2.24, 2.45) is 0 Å². The molecule has 0 saturated carbocycles. The van der Waals surface area contributed by atoms with Crippen molar-refractivity contribution in [3.8, 4) is 17.0 Å². The number of amides is 1. The Morgan fingerprint density at radius 3 is 2.39 bits per heavy atom. The summed E-state index contributed by atoms with van der Waals surface area (Å²) >= 11 is 9.53. The fraction of sp³-hybridized carbons (Fsp3) is 0.121. The number of nitrogens with one attached hydrogen (secondary N) is 1. The zero-order valence-corrected chi connectivity index (χ0v) is 24.8. The molecule has 5 aromatic rings. The second kappa shape index (κ2) is 12.5. The lowest BCUT2D eigenvalue weighted by Crippen LogP contribution is -2.22. The largest absolute Gasteiger partial charge is 0.489 e. The van der Waals surface area contributed by atoms with Crippen LogP contribution in [0.3, 0.4) is 0 Å². The van der Waals surface area contributed by atoms with Crippen LogP contribution >= 0.6 is 27.5 Å². The topological polar surface area (TPSA) is 77.5 Å². The number of anilines is 1. The van der Waals surface area contributed by atoms with Gasteiger partial charge in [0.2, 0.25) is 0 Å². The number of pyridine rings is 1. The Morgan fingerprint density at radius 1 is 0.927 bits per heavy atom. The molecule has 8 heteroatoms. The van der Waals surface area contributed by atoms with Gasteiger partial charge in [-0.15, -0.1) is 0 Å². The summed E-state index contributed by atoms with van der Waals surface area (Å²) in [5.41, 5.74) is 5.59. The Bertz CT molecular complexity index is 1740. The molecule has 0 atom stereocenters. The van der Waals surface area contributed by atoms with Crippen molar-refractivity contribution >= 4 is 56.0 Å². The molecule has 1 amide bonds. The van der Waals surface area contributed by atoms with E-state index in [0.29, 0.717) is 45.0 Å². The molecule has 0 aliphatic heterocycles. The number of para-hydroxylation sites is 1. The molecule has 4 aromatic carbocycles. The van der Waals surface area contributed by atoms with E-state index in [0.717, 1.165) is 26.9 Å². The van der Waals surface area contributed by atoms with E-state index in [4.69, 9.17) is 26.1 Å². The molecule has 0 unspecified atom stereocenters. The number of ether oxygens (including phenoxy) is 2. The van der Waals surface area contributed by atoms with Crippen molar-refractivity contribution in [1.82, 2.24) is 4.98 Å². The van der Waals surface area contributed by atoms with E-state index in [1.807, 2.05) is 92.7 Å². The zero-order valence-electron chi connectivity index (χ0n) is 22.4. The highest BCUT2D eigenvalue weighted by atomic mass is 79.9. The van der Waals surface area contributed by atoms with Gasteiger partial charge in [0.05, 0.1) is 21.8 Å². The van der Waals surface area contributed by atoms with Crippen LogP contribution < -0.4 is 10.1 Å². The zero-order chi connectivity index (χ0) is 28.9. The first-order valence-electron chi connectivity index (χ1n) is 12.9. The molecule has 1 N–H and O–H groups in total. The Balaban J connectivity index is 1.35. The number of hydrogen-bond donors (Lipinski definition) is 1. The summed E-state index contributed by atoms with van der Waals surface area (Å²) in [5.74, 6) is -0.350. The first-order valence-corrected chi connectivity index (χ1v) is 14.1. The standard InChI is InChI=1S/C33H26BrClN2O4/c1-20-16-26(34)27(35)17-29(20)36-30(38)19-41-33(39)31-21(2)32(37-28-11-7-6-10-25(28)31)23-12-14-24(15-13-23)40-18-22-8-4-3-5-9-22/h3-17H,18-19H2,1-2H3,(H,36,38). The van der Waals surface area contributed by atoms with Crippen LogP contribution in [0.25, 0.3) is 22.2 Å². The minimum atomic E-state index is -0.606. The quantitative estimate of drug-likeness (QED) is 0.175. The van der Waals surface area contributed by atoms with E-state index < -0.39 is 18.5 Å². The molecule has 1 heterocycles. The third kappa shape index (κ3) is 6.59. The second-order valence-electron chi connectivity index (χ2n) is 9.48. The summed E-state index contributed by atoms with van der Waals surface area (Å²) < 4.78 is 12.1. The summed E-state index contributed by atoms with van der Waals surface area (Å²) in [4.78, 5) is 30.9. The van der Waals surface area contributed by atoms with Crippen LogP contribution in [0.2, 0.25) is 5.02 Å². The number of benzene rings is 4. The highest BCUT2D eigenvalue weighted by Gasteiger charge is 2.21. The molecular weight excluding hydrogens is 604 g/mol. The van der Waals surface area contributed by atoms with Crippen LogP contribution in [0.1, 0.15) is 27.0 Å². The normalized spacial score (nSPS) is 10.8. The molecule has 0 spiro atoms. The van der Waals surface area contributed by atoms with Crippen LogP contribution in [0.15, 0.2) is 95.5 Å². The summed E-state index contributed by atoms with van der Waals surface area (Å²) in [6, 6.07) is 28.4. The number of rotatable bonds is 8. The third-order valence-corrected chi connectivity index (χ3v) is 7.79. The number of carbonyl (C=O) groups excluding carboxylic acids is 2. The van der Waals surface area contributed by atoms with Gasteiger partial charge in [-0.25, -0.2) is 9.78 Å². The number of fused-ring (bicyclic) bond motifs is 1. The van der Waals surface area contributed by atoms with Crippen LogP contribution in [0.4, 0.5) is 5.69 Å². The van der Waals surface area contributed by atoms with Crippen molar-refractivity contribution in [2.45, 2.75) is 20.5 Å². The predicted octanol–water partition coefficient (Wildman–Crippen LogP) is 8.31. The summed E-state index contributed by atoms with van der Waals surface area (Å²) in [7, 11) is 0. The average Bonchev–Trinajstić information content (AvgIpc) is 2.98. The van der Waals surface area contributed by atoms with E-state index in [1.165, 1.54) is 0 Å². The Kier molecular flexibility index (Phi) is 8.67. The van der Waals surface area contributed by atoms with Gasteiger partial charge in [-0.2, -0.15) is 0 Å². The van der Waals surface area contributed by atoms with Crippen LogP contribution in [0, 0.1) is 13.8 Å². The summed E-state index contributed by atoms with van der Waals surface area (Å²) in [6.45, 7) is 3.69. The Labute approximate surface area is 251 Å². The number of nitrogens with zero attached hydrogens (tertiary/aromatic N) is 1. The maximum atomic E-state index is 13.4. The van der Waals surface area contributed by atoms with Gasteiger partial charge in [0.15, 0.2) is 6.61 Å². The maximum absolute atomic E-state index is 13.4. The van der Waals surface area contributed by atoms with Gasteiger partial charge in [-0.1, -0.05) is 60.1 Å². The van der Waals surface area contributed by atoms with Gasteiger partial charge in [0.25, 0.3) is 5.91 Å². The average molecular weight is 630 g/mol. The maximum Gasteiger partial charge on any atom is 0.339 e. The SMILES string of the molecule is Cc1cc(Br)c(Cl)cc1NC(=O)COC(=O)c1c(C)c(-c2ccc(OCc3ccccc3)cc2)nc2ccccc12. The van der Waals surface area contributed by atoms with Crippen LogP contribution in [-0.4, -0.2) is 23.5 Å². The van der Waals surface area contributed by atoms with Gasteiger partial charge in [-0.05, 0) is 88.9 Å². The smallest absolute Gasteiger partial charge is 0.339 e. The lowest BCUT2D eigenvalue weighted by atomic mass is 9.97. The van der Waals surface area contributed by atoms with Gasteiger partial charge in [0.1, 0.15) is 12.4 Å². The number of aromatic nitrogens is 1. The van der Waals surface area contributed by atoms with Gasteiger partial charge in [-0.3, -0.25) is 4.79 Å². The number of aryl methyl sites for hydroxylation is 1. The fourth-order valence-electron chi connectivity index (χ4n) is 4.47. The fourth-order valence-corrected chi connectivity index (χ4v) is 5.09. The van der Waals surface area contributed by atoms with E-state index in [-0.39, 0.29) is 0 Å². The predicted molar refractivity (Wildman–Crippen MR) is 165 cm³/mol.